The molecule has 0 aliphatic heterocycles. The number of ketones is 1. The van der Waals surface area contributed by atoms with Crippen LogP contribution in [-0.2, 0) is 0 Å². The molecule has 88 valence electrons. The quantitative estimate of drug-likeness (QED) is 0.734. The summed E-state index contributed by atoms with van der Waals surface area (Å²) in [6.07, 6.45) is 0. The van der Waals surface area contributed by atoms with Crippen molar-refractivity contribution < 1.29 is 4.79 Å². The van der Waals surface area contributed by atoms with Gasteiger partial charge in [0.2, 0.25) is 0 Å². The Hall–Kier alpha value is -1.19. The van der Waals surface area contributed by atoms with Crippen LogP contribution in [-0.4, -0.2) is 44.4 Å². The molecule has 1 aromatic rings. The van der Waals surface area contributed by atoms with Gasteiger partial charge in [0, 0.05) is 18.7 Å². The van der Waals surface area contributed by atoms with E-state index in [1.165, 1.54) is 5.56 Å². The molecule has 16 heavy (non-hydrogen) atoms. The topological polar surface area (TPSA) is 32.3 Å². The molecule has 0 fully saturated rings. The van der Waals surface area contributed by atoms with Crippen molar-refractivity contribution in [3.8, 4) is 0 Å². The lowest BCUT2D eigenvalue weighted by molar-refractivity contribution is 0.0947. The number of aryl methyl sites for hydroxylation is 1. The molecule has 0 saturated heterocycles. The summed E-state index contributed by atoms with van der Waals surface area (Å²) < 4.78 is 0. The van der Waals surface area contributed by atoms with E-state index in [1.54, 1.807) is 0 Å². The van der Waals surface area contributed by atoms with Crippen LogP contribution >= 0.6 is 0 Å². The average Bonchev–Trinajstić information content (AvgIpc) is 2.27. The third kappa shape index (κ3) is 4.13. The fraction of sp³-hybridized carbons (Fsp3) is 0.462. The second-order valence-corrected chi connectivity index (χ2v) is 4.13. The van der Waals surface area contributed by atoms with Crippen LogP contribution in [0.1, 0.15) is 15.9 Å². The van der Waals surface area contributed by atoms with Crippen LogP contribution in [0.4, 0.5) is 0 Å². The Morgan fingerprint density at radius 2 is 1.94 bits per heavy atom. The first kappa shape index (κ1) is 12.9. The van der Waals surface area contributed by atoms with Gasteiger partial charge in [-0.15, -0.1) is 0 Å². The maximum absolute atomic E-state index is 11.9. The molecule has 0 radical (unpaired) electrons. The van der Waals surface area contributed by atoms with Gasteiger partial charge in [-0.1, -0.05) is 29.8 Å². The Bertz CT molecular complexity index is 332. The van der Waals surface area contributed by atoms with E-state index in [0.29, 0.717) is 6.54 Å². The van der Waals surface area contributed by atoms with Crippen LogP contribution in [0.5, 0.6) is 0 Å². The number of hydrogen-bond acceptors (Lipinski definition) is 3. The summed E-state index contributed by atoms with van der Waals surface area (Å²) in [5, 5.41) is 3.07. The Balaban J connectivity index is 2.48. The zero-order chi connectivity index (χ0) is 12.0. The summed E-state index contributed by atoms with van der Waals surface area (Å²) in [4.78, 5) is 13.9. The molecule has 1 N–H and O–H groups in total. The van der Waals surface area contributed by atoms with E-state index in [2.05, 4.69) is 5.32 Å². The minimum absolute atomic E-state index is 0.179. The van der Waals surface area contributed by atoms with E-state index < -0.39 is 0 Å². The van der Waals surface area contributed by atoms with Crippen molar-refractivity contribution in [1.82, 2.24) is 10.2 Å². The fourth-order valence-corrected chi connectivity index (χ4v) is 1.46. The van der Waals surface area contributed by atoms with Crippen molar-refractivity contribution in [3.05, 3.63) is 35.4 Å². The maximum Gasteiger partial charge on any atom is 0.176 e. The molecular formula is C13H20N2O. The molecule has 0 aromatic heterocycles. The second kappa shape index (κ2) is 6.40. The molecule has 0 amide bonds. The van der Waals surface area contributed by atoms with Gasteiger partial charge in [-0.25, -0.2) is 0 Å². The monoisotopic (exact) mass is 220 g/mol. The van der Waals surface area contributed by atoms with Gasteiger partial charge in [0.05, 0.1) is 6.54 Å². The van der Waals surface area contributed by atoms with Gasteiger partial charge in [0.1, 0.15) is 0 Å². The predicted molar refractivity (Wildman–Crippen MR) is 66.9 cm³/mol. The van der Waals surface area contributed by atoms with E-state index in [1.807, 2.05) is 50.2 Å². The summed E-state index contributed by atoms with van der Waals surface area (Å²) in [6, 6.07) is 7.73. The number of nitrogens with zero attached hydrogens (tertiary/aromatic N) is 1. The number of carbonyl (C=O) groups excluding carboxylic acids is 1. The van der Waals surface area contributed by atoms with Crippen molar-refractivity contribution in [1.29, 1.82) is 0 Å². The normalized spacial score (nSPS) is 10.8. The highest BCUT2D eigenvalue weighted by Gasteiger charge is 2.08. The van der Waals surface area contributed by atoms with Crippen LogP contribution in [0.3, 0.4) is 0 Å². The molecule has 0 unspecified atom stereocenters. The van der Waals surface area contributed by atoms with Crippen LogP contribution in [0.15, 0.2) is 24.3 Å². The zero-order valence-electron chi connectivity index (χ0n) is 10.3. The van der Waals surface area contributed by atoms with Gasteiger partial charge in [0.15, 0.2) is 5.78 Å². The smallest absolute Gasteiger partial charge is 0.176 e. The van der Waals surface area contributed by atoms with E-state index in [9.17, 15) is 4.79 Å². The predicted octanol–water partition coefficient (Wildman–Crippen LogP) is 1.33. The number of nitrogens with one attached hydrogen (secondary N) is 1. The van der Waals surface area contributed by atoms with Gasteiger partial charge in [-0.2, -0.15) is 0 Å². The van der Waals surface area contributed by atoms with Gasteiger partial charge < -0.3 is 5.32 Å². The summed E-state index contributed by atoms with van der Waals surface area (Å²) in [5.41, 5.74) is 1.97. The lowest BCUT2D eigenvalue weighted by Gasteiger charge is -2.15. The molecule has 3 heteroatoms. The Kier molecular flexibility index (Phi) is 5.15. The maximum atomic E-state index is 11.9. The van der Waals surface area contributed by atoms with Crippen molar-refractivity contribution in [2.45, 2.75) is 6.92 Å². The standard InChI is InChI=1S/C13H20N2O/c1-11-4-6-12(7-5-11)13(16)10-15(3)9-8-14-2/h4-7,14H,8-10H2,1-3H3. The first-order chi connectivity index (χ1) is 7.63. The first-order valence-corrected chi connectivity index (χ1v) is 5.56. The number of likely N-dealkylation sites (N-methyl/N-ethyl adjacent to an activating group) is 2. The molecule has 1 rings (SSSR count). The Morgan fingerprint density at radius 1 is 1.31 bits per heavy atom. The average molecular weight is 220 g/mol. The first-order valence-electron chi connectivity index (χ1n) is 5.56. The molecule has 0 atom stereocenters. The number of rotatable bonds is 6. The lowest BCUT2D eigenvalue weighted by atomic mass is 10.1. The van der Waals surface area contributed by atoms with Gasteiger partial charge in [-0.05, 0) is 21.0 Å². The summed E-state index contributed by atoms with van der Waals surface area (Å²) in [6.45, 7) is 4.28. The molecule has 0 aliphatic carbocycles. The Morgan fingerprint density at radius 3 is 2.50 bits per heavy atom. The lowest BCUT2D eigenvalue weighted by Crippen LogP contribution is -2.31. The number of Topliss-reactive ketones (excluding diaryl/α,β-unsaturated/α-hetero) is 1. The van der Waals surface area contributed by atoms with E-state index in [-0.39, 0.29) is 5.78 Å². The molecule has 0 spiro atoms. The summed E-state index contributed by atoms with van der Waals surface area (Å²) in [7, 11) is 3.87. The fourth-order valence-electron chi connectivity index (χ4n) is 1.46. The van der Waals surface area contributed by atoms with Gasteiger partial charge >= 0.3 is 0 Å². The molecule has 0 heterocycles. The molecule has 3 nitrogen and oxygen atoms in total. The minimum Gasteiger partial charge on any atom is -0.318 e. The molecule has 0 aliphatic rings. The number of benzene rings is 1. The highest BCUT2D eigenvalue weighted by molar-refractivity contribution is 5.97. The Labute approximate surface area is 97.5 Å². The van der Waals surface area contributed by atoms with E-state index in [0.717, 1.165) is 18.7 Å². The highest BCUT2D eigenvalue weighted by Crippen LogP contribution is 2.04. The summed E-state index contributed by atoms with van der Waals surface area (Å²) >= 11 is 0. The van der Waals surface area contributed by atoms with Crippen molar-refractivity contribution in [2.24, 2.45) is 0 Å². The number of carbonyl (C=O) groups is 1. The number of hydrogen-bond donors (Lipinski definition) is 1. The highest BCUT2D eigenvalue weighted by atomic mass is 16.1. The third-order valence-corrected chi connectivity index (χ3v) is 2.53. The van der Waals surface area contributed by atoms with Crippen molar-refractivity contribution in [3.63, 3.8) is 0 Å². The van der Waals surface area contributed by atoms with Crippen molar-refractivity contribution in [2.75, 3.05) is 33.7 Å². The minimum atomic E-state index is 0.179. The van der Waals surface area contributed by atoms with Crippen LogP contribution in [0.2, 0.25) is 0 Å². The van der Waals surface area contributed by atoms with E-state index in [4.69, 9.17) is 0 Å². The zero-order valence-corrected chi connectivity index (χ0v) is 10.3. The molecule has 0 saturated carbocycles. The van der Waals surface area contributed by atoms with Crippen molar-refractivity contribution >= 4 is 5.78 Å². The molecular weight excluding hydrogens is 200 g/mol. The van der Waals surface area contributed by atoms with Crippen LogP contribution in [0.25, 0.3) is 0 Å². The van der Waals surface area contributed by atoms with Gasteiger partial charge in [-0.3, -0.25) is 9.69 Å². The largest absolute Gasteiger partial charge is 0.318 e. The van der Waals surface area contributed by atoms with Crippen LogP contribution in [0, 0.1) is 6.92 Å². The SMILES string of the molecule is CNCCN(C)CC(=O)c1ccc(C)cc1. The molecule has 1 aromatic carbocycles. The van der Waals surface area contributed by atoms with Crippen LogP contribution < -0.4 is 5.32 Å². The van der Waals surface area contributed by atoms with E-state index >= 15 is 0 Å². The van der Waals surface area contributed by atoms with Gasteiger partial charge in [0.25, 0.3) is 0 Å². The second-order valence-electron chi connectivity index (χ2n) is 4.13. The molecule has 0 bridgehead atoms. The summed E-state index contributed by atoms with van der Waals surface area (Å²) in [5.74, 6) is 0.179. The third-order valence-electron chi connectivity index (χ3n) is 2.53.